The van der Waals surface area contributed by atoms with E-state index in [1.165, 1.54) is 32.2 Å². The molecule has 0 spiro atoms. The quantitative estimate of drug-likeness (QED) is 0.784. The summed E-state index contributed by atoms with van der Waals surface area (Å²) >= 11 is 11.6. The molecule has 2 atom stereocenters. The Bertz CT molecular complexity index is 474. The molecule has 0 fully saturated rings. The van der Waals surface area contributed by atoms with Gasteiger partial charge in [-0.1, -0.05) is 23.2 Å². The van der Waals surface area contributed by atoms with Gasteiger partial charge in [-0.3, -0.25) is 9.59 Å². The van der Waals surface area contributed by atoms with Crippen LogP contribution in [0.1, 0.15) is 18.6 Å². The van der Waals surface area contributed by atoms with E-state index in [9.17, 15) is 14.7 Å². The van der Waals surface area contributed by atoms with E-state index in [1.54, 1.807) is 0 Å². The summed E-state index contributed by atoms with van der Waals surface area (Å²) in [5, 5.41) is 15.3. The minimum Gasteiger partial charge on any atom is -0.378 e. The second-order valence-electron chi connectivity index (χ2n) is 3.95. The van der Waals surface area contributed by atoms with Crippen LogP contribution in [0.4, 0.5) is 0 Å². The third-order valence-electron chi connectivity index (χ3n) is 2.45. The zero-order chi connectivity index (χ0) is 14.6. The molecule has 5 nitrogen and oxygen atoms in total. The number of benzene rings is 1. The van der Waals surface area contributed by atoms with Crippen molar-refractivity contribution in [1.29, 1.82) is 0 Å². The van der Waals surface area contributed by atoms with Crippen LogP contribution in [-0.4, -0.2) is 30.0 Å². The number of carbonyl (C=O) groups excluding carboxylic acids is 2. The third kappa shape index (κ3) is 4.38. The summed E-state index contributed by atoms with van der Waals surface area (Å²) in [6, 6.07) is 3.61. The number of rotatable bonds is 4. The molecule has 1 unspecified atom stereocenters. The summed E-state index contributed by atoms with van der Waals surface area (Å²) in [6.45, 7) is 1.51. The second-order valence-corrected chi connectivity index (χ2v) is 4.82. The Balaban J connectivity index is 2.79. The molecule has 0 aliphatic rings. The molecular weight excluding hydrogens is 291 g/mol. The molecule has 0 aliphatic heterocycles. The summed E-state index contributed by atoms with van der Waals surface area (Å²) in [4.78, 5) is 23.0. The first-order chi connectivity index (χ1) is 8.85. The molecule has 104 valence electrons. The highest BCUT2D eigenvalue weighted by molar-refractivity contribution is 6.34. The molecule has 3 N–H and O–H groups in total. The summed E-state index contributed by atoms with van der Waals surface area (Å²) in [5.41, 5.74) is 0.263. The summed E-state index contributed by atoms with van der Waals surface area (Å²) in [6.07, 6.45) is -1.44. The van der Waals surface area contributed by atoms with Crippen LogP contribution in [-0.2, 0) is 9.59 Å². The third-order valence-corrected chi connectivity index (χ3v) is 2.88. The first-order valence-corrected chi connectivity index (χ1v) is 6.26. The van der Waals surface area contributed by atoms with Gasteiger partial charge in [-0.25, -0.2) is 0 Å². The summed E-state index contributed by atoms with van der Waals surface area (Å²) in [7, 11) is 1.46. The van der Waals surface area contributed by atoms with E-state index in [4.69, 9.17) is 23.2 Å². The maximum Gasteiger partial charge on any atom is 0.254 e. The number of aliphatic hydroxyl groups is 1. The van der Waals surface area contributed by atoms with Gasteiger partial charge < -0.3 is 15.7 Å². The van der Waals surface area contributed by atoms with Gasteiger partial charge in [-0.05, 0) is 30.7 Å². The van der Waals surface area contributed by atoms with Crippen LogP contribution in [0, 0.1) is 0 Å². The number of hydrogen-bond acceptors (Lipinski definition) is 3. The number of nitrogens with one attached hydrogen (secondary N) is 2. The maximum absolute atomic E-state index is 11.8. The predicted molar refractivity (Wildman–Crippen MR) is 73.1 cm³/mol. The zero-order valence-electron chi connectivity index (χ0n) is 10.4. The lowest BCUT2D eigenvalue weighted by Crippen LogP contribution is -2.45. The molecule has 1 aromatic rings. The van der Waals surface area contributed by atoms with E-state index >= 15 is 0 Å². The van der Waals surface area contributed by atoms with Gasteiger partial charge in [0.1, 0.15) is 6.04 Å². The lowest BCUT2D eigenvalue weighted by atomic mass is 10.1. The fourth-order valence-electron chi connectivity index (χ4n) is 1.46. The molecule has 0 saturated carbocycles. The normalized spacial score (nSPS) is 13.5. The molecule has 7 heteroatoms. The van der Waals surface area contributed by atoms with Gasteiger partial charge in [0.2, 0.25) is 5.91 Å². The van der Waals surface area contributed by atoms with E-state index in [1.807, 2.05) is 0 Å². The van der Waals surface area contributed by atoms with Crippen molar-refractivity contribution in [3.05, 3.63) is 33.8 Å². The lowest BCUT2D eigenvalue weighted by Gasteiger charge is -2.16. The molecule has 0 aliphatic carbocycles. The van der Waals surface area contributed by atoms with Crippen molar-refractivity contribution in [2.45, 2.75) is 19.1 Å². The van der Waals surface area contributed by atoms with Gasteiger partial charge in [0, 0.05) is 17.1 Å². The molecule has 0 bridgehead atoms. The van der Waals surface area contributed by atoms with Crippen molar-refractivity contribution in [2.24, 2.45) is 0 Å². The van der Waals surface area contributed by atoms with E-state index in [0.717, 1.165) is 0 Å². The van der Waals surface area contributed by atoms with E-state index < -0.39 is 18.1 Å². The Kier molecular flexibility index (Phi) is 5.60. The highest BCUT2D eigenvalue weighted by Gasteiger charge is 2.22. The second kappa shape index (κ2) is 6.75. The highest BCUT2D eigenvalue weighted by Crippen LogP contribution is 2.23. The minimum atomic E-state index is -1.44. The van der Waals surface area contributed by atoms with Crippen LogP contribution >= 0.6 is 23.2 Å². The van der Waals surface area contributed by atoms with Crippen molar-refractivity contribution >= 4 is 35.0 Å². The molecule has 0 aromatic heterocycles. The standard InChI is InChI=1S/C12H14Cl2N2O3/c1-6(11(18)15-2)16-12(19)10(17)7-3-8(13)5-9(14)4-7/h3-6,10,17H,1-2H3,(H,15,18)(H,16,19)/t6-,10?/m1/s1. The molecule has 0 saturated heterocycles. The molecular formula is C12H14Cl2N2O3. The van der Waals surface area contributed by atoms with Crippen molar-refractivity contribution in [1.82, 2.24) is 10.6 Å². The molecule has 0 heterocycles. The van der Waals surface area contributed by atoms with Gasteiger partial charge in [-0.2, -0.15) is 0 Å². The average molecular weight is 305 g/mol. The number of carbonyl (C=O) groups is 2. The first-order valence-electron chi connectivity index (χ1n) is 5.51. The largest absolute Gasteiger partial charge is 0.378 e. The van der Waals surface area contributed by atoms with Gasteiger partial charge in [0.05, 0.1) is 0 Å². The zero-order valence-corrected chi connectivity index (χ0v) is 11.9. The Morgan fingerprint density at radius 3 is 2.16 bits per heavy atom. The molecule has 1 rings (SSSR count). The average Bonchev–Trinajstić information content (AvgIpc) is 2.35. The van der Waals surface area contributed by atoms with Crippen LogP contribution in [0.5, 0.6) is 0 Å². The first kappa shape index (κ1) is 15.8. The number of halogens is 2. The van der Waals surface area contributed by atoms with E-state index in [2.05, 4.69) is 10.6 Å². The molecule has 1 aromatic carbocycles. The number of aliphatic hydroxyl groups excluding tert-OH is 1. The van der Waals surface area contributed by atoms with Gasteiger partial charge in [0.15, 0.2) is 6.10 Å². The maximum atomic E-state index is 11.8. The van der Waals surface area contributed by atoms with Crippen molar-refractivity contribution in [3.63, 3.8) is 0 Å². The fourth-order valence-corrected chi connectivity index (χ4v) is 2.00. The Hall–Kier alpha value is -1.30. The topological polar surface area (TPSA) is 78.4 Å². The van der Waals surface area contributed by atoms with E-state index in [-0.39, 0.29) is 11.5 Å². The van der Waals surface area contributed by atoms with Crippen LogP contribution in [0.3, 0.4) is 0 Å². The predicted octanol–water partition coefficient (Wildman–Crippen LogP) is 1.28. The highest BCUT2D eigenvalue weighted by atomic mass is 35.5. The van der Waals surface area contributed by atoms with Crippen LogP contribution in [0.15, 0.2) is 18.2 Å². The van der Waals surface area contributed by atoms with Crippen molar-refractivity contribution < 1.29 is 14.7 Å². The smallest absolute Gasteiger partial charge is 0.254 e. The SMILES string of the molecule is CNC(=O)[C@@H](C)NC(=O)C(O)c1cc(Cl)cc(Cl)c1. The van der Waals surface area contributed by atoms with Gasteiger partial charge in [-0.15, -0.1) is 0 Å². The number of likely N-dealkylation sites (N-methyl/N-ethyl adjacent to an activating group) is 1. The van der Waals surface area contributed by atoms with Crippen LogP contribution in [0.2, 0.25) is 10.0 Å². The van der Waals surface area contributed by atoms with Crippen molar-refractivity contribution in [3.8, 4) is 0 Å². The fraction of sp³-hybridized carbons (Fsp3) is 0.333. The monoisotopic (exact) mass is 304 g/mol. The lowest BCUT2D eigenvalue weighted by molar-refractivity contribution is -0.133. The van der Waals surface area contributed by atoms with Gasteiger partial charge >= 0.3 is 0 Å². The minimum absolute atomic E-state index is 0.263. The number of hydrogen-bond donors (Lipinski definition) is 3. The summed E-state index contributed by atoms with van der Waals surface area (Å²) in [5.74, 6) is -1.06. The Morgan fingerprint density at radius 2 is 1.68 bits per heavy atom. The van der Waals surface area contributed by atoms with E-state index in [0.29, 0.717) is 10.0 Å². The molecule has 0 radical (unpaired) electrons. The molecule has 19 heavy (non-hydrogen) atoms. The van der Waals surface area contributed by atoms with Crippen LogP contribution in [0.25, 0.3) is 0 Å². The Morgan fingerprint density at radius 1 is 1.16 bits per heavy atom. The Labute approximate surface area is 120 Å². The molecule has 2 amide bonds. The summed E-state index contributed by atoms with van der Waals surface area (Å²) < 4.78 is 0. The van der Waals surface area contributed by atoms with Crippen molar-refractivity contribution in [2.75, 3.05) is 7.05 Å². The van der Waals surface area contributed by atoms with Crippen LogP contribution < -0.4 is 10.6 Å². The van der Waals surface area contributed by atoms with Gasteiger partial charge in [0.25, 0.3) is 5.91 Å². The number of amides is 2.